The van der Waals surface area contributed by atoms with Crippen molar-refractivity contribution in [1.29, 1.82) is 0 Å². The van der Waals surface area contributed by atoms with E-state index in [0.29, 0.717) is 5.56 Å². The molecule has 0 saturated heterocycles. The van der Waals surface area contributed by atoms with Crippen LogP contribution in [0.15, 0.2) is 18.2 Å². The molecule has 2 unspecified atom stereocenters. The van der Waals surface area contributed by atoms with Gasteiger partial charge in [-0.2, -0.15) is 11.8 Å². The van der Waals surface area contributed by atoms with Gasteiger partial charge in [-0.1, -0.05) is 6.92 Å². The van der Waals surface area contributed by atoms with Crippen LogP contribution in [-0.4, -0.2) is 17.5 Å². The van der Waals surface area contributed by atoms with Crippen molar-refractivity contribution >= 4 is 11.8 Å². The van der Waals surface area contributed by atoms with E-state index in [1.807, 2.05) is 18.7 Å². The van der Waals surface area contributed by atoms with Crippen molar-refractivity contribution in [3.8, 4) is 0 Å². The summed E-state index contributed by atoms with van der Waals surface area (Å²) >= 11 is 1.83. The third-order valence-corrected chi connectivity index (χ3v) is 3.67. The van der Waals surface area contributed by atoms with Crippen molar-refractivity contribution < 1.29 is 8.78 Å². The Morgan fingerprint density at radius 1 is 1.29 bits per heavy atom. The number of nitrogens with one attached hydrogen (secondary N) is 1. The van der Waals surface area contributed by atoms with Gasteiger partial charge in [-0.15, -0.1) is 0 Å². The average molecular weight is 259 g/mol. The van der Waals surface area contributed by atoms with Crippen molar-refractivity contribution in [1.82, 2.24) is 5.32 Å². The van der Waals surface area contributed by atoms with Gasteiger partial charge in [0.1, 0.15) is 11.6 Å². The molecule has 0 aliphatic rings. The minimum Gasteiger partial charge on any atom is -0.307 e. The summed E-state index contributed by atoms with van der Waals surface area (Å²) in [5.41, 5.74) is 0.387. The van der Waals surface area contributed by atoms with Gasteiger partial charge >= 0.3 is 0 Å². The van der Waals surface area contributed by atoms with Gasteiger partial charge in [-0.25, -0.2) is 8.78 Å². The van der Waals surface area contributed by atoms with Gasteiger partial charge < -0.3 is 5.32 Å². The van der Waals surface area contributed by atoms with Gasteiger partial charge in [-0.3, -0.25) is 0 Å². The second-order valence-electron chi connectivity index (χ2n) is 4.11. The first-order chi connectivity index (χ1) is 8.04. The molecule has 1 aromatic carbocycles. The lowest BCUT2D eigenvalue weighted by Gasteiger charge is -2.20. The van der Waals surface area contributed by atoms with E-state index in [0.717, 1.165) is 17.6 Å². The molecule has 0 radical (unpaired) electrons. The molecule has 96 valence electrons. The van der Waals surface area contributed by atoms with E-state index in [9.17, 15) is 8.78 Å². The van der Waals surface area contributed by atoms with Crippen molar-refractivity contribution in [2.45, 2.75) is 32.9 Å². The Hall–Kier alpha value is -0.610. The molecule has 0 amide bonds. The van der Waals surface area contributed by atoms with Crippen LogP contribution in [-0.2, 0) is 0 Å². The highest BCUT2D eigenvalue weighted by atomic mass is 32.2. The second kappa shape index (κ2) is 6.97. The van der Waals surface area contributed by atoms with Crippen molar-refractivity contribution in [2.24, 2.45) is 0 Å². The van der Waals surface area contributed by atoms with Gasteiger partial charge in [0.05, 0.1) is 0 Å². The Labute approximate surface area is 106 Å². The van der Waals surface area contributed by atoms with E-state index in [2.05, 4.69) is 19.2 Å². The second-order valence-corrected chi connectivity index (χ2v) is 5.43. The van der Waals surface area contributed by atoms with Crippen LogP contribution in [0.5, 0.6) is 0 Å². The predicted molar refractivity (Wildman–Crippen MR) is 70.4 cm³/mol. The lowest BCUT2D eigenvalue weighted by Crippen LogP contribution is -2.31. The van der Waals surface area contributed by atoms with Crippen LogP contribution in [0, 0.1) is 11.6 Å². The highest BCUT2D eigenvalue weighted by Crippen LogP contribution is 2.19. The highest BCUT2D eigenvalue weighted by Gasteiger charge is 2.14. The lowest BCUT2D eigenvalue weighted by atomic mass is 10.1. The normalized spacial score (nSPS) is 14.6. The molecular formula is C13H19F2NS. The Kier molecular flexibility index (Phi) is 5.92. The minimum atomic E-state index is -0.398. The maximum absolute atomic E-state index is 13.5. The van der Waals surface area contributed by atoms with Gasteiger partial charge in [0.15, 0.2) is 0 Å². The van der Waals surface area contributed by atoms with Gasteiger partial charge in [0.25, 0.3) is 0 Å². The number of halogens is 2. The lowest BCUT2D eigenvalue weighted by molar-refractivity contribution is 0.482. The van der Waals surface area contributed by atoms with E-state index in [-0.39, 0.29) is 17.9 Å². The molecule has 17 heavy (non-hydrogen) atoms. The summed E-state index contributed by atoms with van der Waals surface area (Å²) in [5, 5.41) is 3.27. The fraction of sp³-hybridized carbons (Fsp3) is 0.538. The summed E-state index contributed by atoms with van der Waals surface area (Å²) in [6.45, 7) is 6.01. The summed E-state index contributed by atoms with van der Waals surface area (Å²) in [6, 6.07) is 3.67. The van der Waals surface area contributed by atoms with E-state index in [4.69, 9.17) is 0 Å². The molecule has 1 rings (SSSR count). The Morgan fingerprint density at radius 2 is 2.00 bits per heavy atom. The average Bonchev–Trinajstić information content (AvgIpc) is 2.29. The van der Waals surface area contributed by atoms with E-state index >= 15 is 0 Å². The summed E-state index contributed by atoms with van der Waals surface area (Å²) in [6.07, 6.45) is 0. The van der Waals surface area contributed by atoms with Crippen molar-refractivity contribution in [2.75, 3.05) is 11.5 Å². The number of thioether (sulfide) groups is 1. The maximum atomic E-state index is 13.5. The molecule has 1 nitrogen and oxygen atoms in total. The molecule has 1 N–H and O–H groups in total. The van der Waals surface area contributed by atoms with Crippen LogP contribution in [0.3, 0.4) is 0 Å². The van der Waals surface area contributed by atoms with Gasteiger partial charge in [0, 0.05) is 23.4 Å². The molecule has 0 spiro atoms. The van der Waals surface area contributed by atoms with Crippen LogP contribution in [0.2, 0.25) is 0 Å². The largest absolute Gasteiger partial charge is 0.307 e. The fourth-order valence-electron chi connectivity index (χ4n) is 1.71. The first-order valence-electron chi connectivity index (χ1n) is 5.83. The zero-order valence-corrected chi connectivity index (χ0v) is 11.3. The highest BCUT2D eigenvalue weighted by molar-refractivity contribution is 7.99. The van der Waals surface area contributed by atoms with Crippen LogP contribution >= 0.6 is 11.8 Å². The molecule has 0 aliphatic carbocycles. The zero-order valence-electron chi connectivity index (χ0n) is 10.5. The number of hydrogen-bond donors (Lipinski definition) is 1. The quantitative estimate of drug-likeness (QED) is 0.835. The predicted octanol–water partition coefficient (Wildman–Crippen LogP) is 3.76. The molecule has 2 atom stereocenters. The minimum absolute atomic E-state index is 0.182. The van der Waals surface area contributed by atoms with Crippen LogP contribution in [0.25, 0.3) is 0 Å². The van der Waals surface area contributed by atoms with Crippen LogP contribution in [0.1, 0.15) is 32.4 Å². The summed E-state index contributed by atoms with van der Waals surface area (Å²) in [5.74, 6) is 1.28. The molecule has 4 heteroatoms. The Bertz CT molecular complexity index is 357. The molecule has 0 aliphatic heterocycles. The van der Waals surface area contributed by atoms with E-state index in [1.165, 1.54) is 12.1 Å². The third-order valence-electron chi connectivity index (χ3n) is 2.53. The van der Waals surface area contributed by atoms with E-state index in [1.54, 1.807) is 0 Å². The number of hydrogen-bond acceptors (Lipinski definition) is 2. The fourth-order valence-corrected chi connectivity index (χ4v) is 2.39. The molecule has 0 bridgehead atoms. The van der Waals surface area contributed by atoms with Crippen molar-refractivity contribution in [3.05, 3.63) is 35.4 Å². The molecule has 0 aromatic heterocycles. The Balaban J connectivity index is 2.62. The molecule has 0 heterocycles. The summed E-state index contributed by atoms with van der Waals surface area (Å²) < 4.78 is 26.6. The SMILES string of the molecule is CCSCC(C)NC(C)c1cc(F)ccc1F. The first-order valence-corrected chi connectivity index (χ1v) is 6.98. The maximum Gasteiger partial charge on any atom is 0.128 e. The summed E-state index contributed by atoms with van der Waals surface area (Å²) in [7, 11) is 0. The molecule has 1 aromatic rings. The van der Waals surface area contributed by atoms with Gasteiger partial charge in [0.2, 0.25) is 0 Å². The third kappa shape index (κ3) is 4.64. The smallest absolute Gasteiger partial charge is 0.128 e. The topological polar surface area (TPSA) is 12.0 Å². The number of benzene rings is 1. The molecule has 0 saturated carbocycles. The van der Waals surface area contributed by atoms with Crippen LogP contribution < -0.4 is 5.32 Å². The first kappa shape index (κ1) is 14.5. The van der Waals surface area contributed by atoms with Crippen LogP contribution in [0.4, 0.5) is 8.78 Å². The van der Waals surface area contributed by atoms with Gasteiger partial charge in [-0.05, 0) is 37.8 Å². The van der Waals surface area contributed by atoms with E-state index < -0.39 is 5.82 Å². The monoisotopic (exact) mass is 259 g/mol. The van der Waals surface area contributed by atoms with Crippen molar-refractivity contribution in [3.63, 3.8) is 0 Å². The summed E-state index contributed by atoms with van der Waals surface area (Å²) in [4.78, 5) is 0. The molecular weight excluding hydrogens is 240 g/mol. The Morgan fingerprint density at radius 3 is 2.65 bits per heavy atom. The molecule has 0 fully saturated rings. The number of rotatable bonds is 6. The standard InChI is InChI=1S/C13H19F2NS/c1-4-17-8-9(2)16-10(3)12-7-11(14)5-6-13(12)15/h5-7,9-10,16H,4,8H2,1-3H3. The zero-order chi connectivity index (χ0) is 12.8.